The summed E-state index contributed by atoms with van der Waals surface area (Å²) in [5.74, 6) is -0.0581. The number of carbonyl (C=O) groups is 1. The smallest absolute Gasteiger partial charge is 0.257 e. The van der Waals surface area contributed by atoms with Crippen molar-refractivity contribution in [3.05, 3.63) is 76.9 Å². The maximum atomic E-state index is 12.3. The Balaban J connectivity index is 1.76. The topological polar surface area (TPSA) is 62.2 Å². The molecule has 0 bridgehead atoms. The Morgan fingerprint density at radius 1 is 1.08 bits per heavy atom. The van der Waals surface area contributed by atoms with Gasteiger partial charge in [0.15, 0.2) is 0 Å². The highest BCUT2D eigenvalue weighted by Crippen LogP contribution is 2.22. The molecule has 0 aliphatic heterocycles. The molecule has 0 spiro atoms. The summed E-state index contributed by atoms with van der Waals surface area (Å²) in [5.41, 5.74) is 3.48. The molecule has 5 heteroatoms. The molecule has 2 aromatic carbocycles. The monoisotopic (exact) mass is 338 g/mol. The van der Waals surface area contributed by atoms with Crippen LogP contribution in [0.1, 0.15) is 15.9 Å². The lowest BCUT2D eigenvalue weighted by Crippen LogP contribution is -2.12. The van der Waals surface area contributed by atoms with E-state index >= 15 is 0 Å². The second-order valence-corrected chi connectivity index (χ2v) is 5.83. The first-order chi connectivity index (χ1) is 11.5. The van der Waals surface area contributed by atoms with Gasteiger partial charge >= 0.3 is 0 Å². The van der Waals surface area contributed by atoms with Gasteiger partial charge in [0.05, 0.1) is 11.3 Å². The van der Waals surface area contributed by atoms with Crippen molar-refractivity contribution in [3.63, 3.8) is 0 Å². The molecule has 1 heterocycles. The second-order valence-electron chi connectivity index (χ2n) is 5.39. The SMILES string of the molecule is Cc1cc(NC(=O)c2ccc(-c3ccc(Cl)cc3)nc2)ccc1O. The molecule has 0 fully saturated rings. The maximum Gasteiger partial charge on any atom is 0.257 e. The number of anilines is 1. The molecule has 3 aromatic rings. The van der Waals surface area contributed by atoms with Gasteiger partial charge in [0, 0.05) is 22.5 Å². The molecule has 0 unspecified atom stereocenters. The van der Waals surface area contributed by atoms with Crippen molar-refractivity contribution >= 4 is 23.2 Å². The van der Waals surface area contributed by atoms with Gasteiger partial charge in [-0.2, -0.15) is 0 Å². The fourth-order valence-electron chi connectivity index (χ4n) is 2.26. The zero-order valence-electron chi connectivity index (χ0n) is 13.0. The number of phenolic OH excluding ortho intramolecular Hbond substituents is 1. The number of hydrogen-bond donors (Lipinski definition) is 2. The summed E-state index contributed by atoms with van der Waals surface area (Å²) in [6.07, 6.45) is 1.53. The first-order valence-electron chi connectivity index (χ1n) is 7.36. The highest BCUT2D eigenvalue weighted by molar-refractivity contribution is 6.30. The van der Waals surface area contributed by atoms with E-state index in [4.69, 9.17) is 11.6 Å². The lowest BCUT2D eigenvalue weighted by atomic mass is 10.1. The van der Waals surface area contributed by atoms with Gasteiger partial charge in [-0.25, -0.2) is 0 Å². The number of phenols is 1. The third-order valence-corrected chi connectivity index (χ3v) is 3.87. The Morgan fingerprint density at radius 3 is 2.46 bits per heavy atom. The molecular weight excluding hydrogens is 324 g/mol. The van der Waals surface area contributed by atoms with Gasteiger partial charge in [0.2, 0.25) is 0 Å². The van der Waals surface area contributed by atoms with E-state index in [0.717, 1.165) is 11.3 Å². The van der Waals surface area contributed by atoms with Crippen molar-refractivity contribution in [1.82, 2.24) is 4.98 Å². The van der Waals surface area contributed by atoms with Crippen LogP contribution < -0.4 is 5.32 Å². The average molecular weight is 339 g/mol. The molecule has 0 aliphatic rings. The largest absolute Gasteiger partial charge is 0.508 e. The lowest BCUT2D eigenvalue weighted by Gasteiger charge is -2.08. The molecule has 0 saturated carbocycles. The molecule has 1 amide bonds. The molecule has 4 nitrogen and oxygen atoms in total. The second kappa shape index (κ2) is 6.72. The quantitative estimate of drug-likeness (QED) is 0.682. The molecule has 0 radical (unpaired) electrons. The van der Waals surface area contributed by atoms with Gasteiger partial charge in [-0.1, -0.05) is 23.7 Å². The summed E-state index contributed by atoms with van der Waals surface area (Å²) in [5, 5.41) is 13.0. The van der Waals surface area contributed by atoms with Crippen LogP contribution in [-0.4, -0.2) is 16.0 Å². The van der Waals surface area contributed by atoms with Crippen molar-refractivity contribution in [1.29, 1.82) is 0 Å². The summed E-state index contributed by atoms with van der Waals surface area (Å²) in [6.45, 7) is 1.77. The highest BCUT2D eigenvalue weighted by atomic mass is 35.5. The van der Waals surface area contributed by atoms with Crippen molar-refractivity contribution in [3.8, 4) is 17.0 Å². The molecule has 0 atom stereocenters. The van der Waals surface area contributed by atoms with Crippen LogP contribution in [0.15, 0.2) is 60.8 Å². The lowest BCUT2D eigenvalue weighted by molar-refractivity contribution is 0.102. The minimum Gasteiger partial charge on any atom is -0.508 e. The molecule has 0 aliphatic carbocycles. The first kappa shape index (κ1) is 16.0. The van der Waals surface area contributed by atoms with Gasteiger partial charge < -0.3 is 10.4 Å². The van der Waals surface area contributed by atoms with E-state index < -0.39 is 0 Å². The number of amides is 1. The van der Waals surface area contributed by atoms with Crippen LogP contribution in [0.25, 0.3) is 11.3 Å². The van der Waals surface area contributed by atoms with Gasteiger partial charge in [0.1, 0.15) is 5.75 Å². The predicted octanol–water partition coefficient (Wildman–Crippen LogP) is 4.67. The highest BCUT2D eigenvalue weighted by Gasteiger charge is 2.08. The number of aromatic hydroxyl groups is 1. The fourth-order valence-corrected chi connectivity index (χ4v) is 2.38. The van der Waals surface area contributed by atoms with Crippen LogP contribution in [0.4, 0.5) is 5.69 Å². The van der Waals surface area contributed by atoms with E-state index in [1.54, 1.807) is 49.4 Å². The summed E-state index contributed by atoms with van der Waals surface area (Å²) in [6, 6.07) is 15.8. The van der Waals surface area contributed by atoms with Crippen molar-refractivity contribution in [2.24, 2.45) is 0 Å². The molecule has 24 heavy (non-hydrogen) atoms. The van der Waals surface area contributed by atoms with Crippen LogP contribution in [0.3, 0.4) is 0 Å². The Bertz CT molecular complexity index is 875. The number of nitrogens with zero attached hydrogens (tertiary/aromatic N) is 1. The van der Waals surface area contributed by atoms with E-state index in [9.17, 15) is 9.90 Å². The number of benzene rings is 2. The number of hydrogen-bond acceptors (Lipinski definition) is 3. The summed E-state index contributed by atoms with van der Waals surface area (Å²) in [7, 11) is 0. The van der Waals surface area contributed by atoms with Crippen LogP contribution in [0, 0.1) is 6.92 Å². The standard InChI is InChI=1S/C19H15ClN2O2/c1-12-10-16(7-9-18(12)23)22-19(24)14-4-8-17(21-11-14)13-2-5-15(20)6-3-13/h2-11,23H,1H3,(H,22,24). The molecule has 3 rings (SSSR count). The first-order valence-corrected chi connectivity index (χ1v) is 7.74. The number of aromatic nitrogens is 1. The minimum absolute atomic E-state index is 0.196. The Kier molecular flexibility index (Phi) is 4.49. The Labute approximate surface area is 144 Å². The van der Waals surface area contributed by atoms with Crippen molar-refractivity contribution in [2.45, 2.75) is 6.92 Å². The average Bonchev–Trinajstić information content (AvgIpc) is 2.59. The third-order valence-electron chi connectivity index (χ3n) is 3.62. The summed E-state index contributed by atoms with van der Waals surface area (Å²) < 4.78 is 0. The van der Waals surface area contributed by atoms with Gasteiger partial charge in [0.25, 0.3) is 5.91 Å². The molecule has 1 aromatic heterocycles. The molecule has 120 valence electrons. The van der Waals surface area contributed by atoms with E-state index in [1.807, 2.05) is 12.1 Å². The van der Waals surface area contributed by atoms with E-state index in [0.29, 0.717) is 21.8 Å². The van der Waals surface area contributed by atoms with E-state index in [1.165, 1.54) is 6.20 Å². The summed E-state index contributed by atoms with van der Waals surface area (Å²) in [4.78, 5) is 16.6. The Morgan fingerprint density at radius 2 is 1.83 bits per heavy atom. The van der Waals surface area contributed by atoms with Crippen LogP contribution in [0.2, 0.25) is 5.02 Å². The predicted molar refractivity (Wildman–Crippen MR) is 95.5 cm³/mol. The zero-order chi connectivity index (χ0) is 17.1. The number of pyridine rings is 1. The summed E-state index contributed by atoms with van der Waals surface area (Å²) >= 11 is 5.87. The normalized spacial score (nSPS) is 10.4. The fraction of sp³-hybridized carbons (Fsp3) is 0.0526. The molecule has 2 N–H and O–H groups in total. The Hall–Kier alpha value is -2.85. The van der Waals surface area contributed by atoms with Gasteiger partial charge in [-0.15, -0.1) is 0 Å². The van der Waals surface area contributed by atoms with Crippen LogP contribution in [-0.2, 0) is 0 Å². The number of nitrogens with one attached hydrogen (secondary N) is 1. The third kappa shape index (κ3) is 3.55. The van der Waals surface area contributed by atoms with Crippen molar-refractivity contribution < 1.29 is 9.90 Å². The zero-order valence-corrected chi connectivity index (χ0v) is 13.7. The van der Waals surface area contributed by atoms with Gasteiger partial charge in [-0.05, 0) is 55.0 Å². The molecular formula is C19H15ClN2O2. The van der Waals surface area contributed by atoms with Gasteiger partial charge in [-0.3, -0.25) is 9.78 Å². The number of halogens is 1. The van der Waals surface area contributed by atoms with E-state index in [2.05, 4.69) is 10.3 Å². The minimum atomic E-state index is -0.254. The van der Waals surface area contributed by atoms with Crippen molar-refractivity contribution in [2.75, 3.05) is 5.32 Å². The molecule has 0 saturated heterocycles. The number of carbonyl (C=O) groups excluding carboxylic acids is 1. The van der Waals surface area contributed by atoms with Crippen LogP contribution in [0.5, 0.6) is 5.75 Å². The maximum absolute atomic E-state index is 12.3. The van der Waals surface area contributed by atoms with E-state index in [-0.39, 0.29) is 11.7 Å². The number of rotatable bonds is 3. The number of aryl methyl sites for hydroxylation is 1. The van der Waals surface area contributed by atoms with Crippen LogP contribution >= 0.6 is 11.6 Å².